The summed E-state index contributed by atoms with van der Waals surface area (Å²) in [5.74, 6) is 2.03. The first kappa shape index (κ1) is 45.5. The maximum Gasteiger partial charge on any atom is 0.303 e. The molecule has 1 saturated heterocycles. The van der Waals surface area contributed by atoms with Crippen molar-refractivity contribution in [2.45, 2.75) is 197 Å². The van der Waals surface area contributed by atoms with Gasteiger partial charge in [-0.3, -0.25) is 14.4 Å². The molecule has 5 aliphatic rings. The van der Waals surface area contributed by atoms with Gasteiger partial charge in [0.15, 0.2) is 18.2 Å². The van der Waals surface area contributed by atoms with Gasteiger partial charge < -0.3 is 29.4 Å². The summed E-state index contributed by atoms with van der Waals surface area (Å²) in [4.78, 5) is 37.5. The molecule has 5 rings (SSSR count). The number of ketones is 1. The summed E-state index contributed by atoms with van der Waals surface area (Å²) in [6, 6.07) is -0.416. The van der Waals surface area contributed by atoms with Crippen LogP contribution in [0.25, 0.3) is 0 Å². The van der Waals surface area contributed by atoms with Crippen molar-refractivity contribution >= 4 is 17.7 Å². The van der Waals surface area contributed by atoms with Crippen LogP contribution in [0.15, 0.2) is 0 Å². The third-order valence-corrected chi connectivity index (χ3v) is 17.8. The van der Waals surface area contributed by atoms with Crippen molar-refractivity contribution in [2.24, 2.45) is 69.0 Å². The molecule has 16 atom stereocenters. The van der Waals surface area contributed by atoms with Gasteiger partial charge in [0.05, 0.1) is 17.7 Å². The smallest absolute Gasteiger partial charge is 0.303 e. The molecule has 4 unspecified atom stereocenters. The molecule has 56 heavy (non-hydrogen) atoms. The van der Waals surface area contributed by atoms with E-state index in [0.29, 0.717) is 41.5 Å². The zero-order valence-corrected chi connectivity index (χ0v) is 37.8. The molecule has 322 valence electrons. The fourth-order valence-electron chi connectivity index (χ4n) is 14.5. The number of hydrogen-bond acceptors (Lipinski definition) is 9. The first-order valence-corrected chi connectivity index (χ1v) is 22.6. The normalized spacial score (nSPS) is 43.5. The first-order valence-electron chi connectivity index (χ1n) is 22.6. The van der Waals surface area contributed by atoms with Gasteiger partial charge in [-0.2, -0.15) is 0 Å². The number of aliphatic hydroxyl groups excluding tert-OH is 1. The quantitative estimate of drug-likeness (QED) is 0.131. The summed E-state index contributed by atoms with van der Waals surface area (Å²) < 4.78 is 26.0. The lowest BCUT2D eigenvalue weighted by atomic mass is 9.34. The predicted molar refractivity (Wildman–Crippen MR) is 219 cm³/mol. The van der Waals surface area contributed by atoms with E-state index in [-0.39, 0.29) is 40.3 Å². The second-order valence-corrected chi connectivity index (χ2v) is 21.4. The Morgan fingerprint density at radius 3 is 2.11 bits per heavy atom. The van der Waals surface area contributed by atoms with Crippen LogP contribution in [-0.2, 0) is 33.3 Å². The van der Waals surface area contributed by atoms with Crippen molar-refractivity contribution in [1.82, 2.24) is 5.32 Å². The molecule has 9 nitrogen and oxygen atoms in total. The van der Waals surface area contributed by atoms with Crippen LogP contribution in [0.1, 0.15) is 161 Å². The van der Waals surface area contributed by atoms with Gasteiger partial charge in [-0.25, -0.2) is 0 Å². The van der Waals surface area contributed by atoms with Crippen LogP contribution >= 0.6 is 0 Å². The van der Waals surface area contributed by atoms with E-state index in [1.165, 1.54) is 46.0 Å². The molecule has 0 spiro atoms. The van der Waals surface area contributed by atoms with E-state index in [1.807, 2.05) is 27.7 Å². The molecule has 0 radical (unpaired) electrons. The first-order chi connectivity index (χ1) is 26.0. The zero-order chi connectivity index (χ0) is 41.8. The Balaban J connectivity index is 1.50. The van der Waals surface area contributed by atoms with E-state index in [2.05, 4.69) is 60.7 Å². The number of ether oxygens (including phenoxy) is 4. The summed E-state index contributed by atoms with van der Waals surface area (Å²) in [5, 5.41) is 13.1. The largest absolute Gasteiger partial charge is 0.459 e. The molecule has 9 heteroatoms. The van der Waals surface area contributed by atoms with Crippen molar-refractivity contribution in [2.75, 3.05) is 13.2 Å². The molecule has 0 aromatic heterocycles. The Morgan fingerprint density at radius 1 is 0.893 bits per heavy atom. The van der Waals surface area contributed by atoms with Crippen molar-refractivity contribution in [1.29, 1.82) is 0 Å². The van der Waals surface area contributed by atoms with E-state index >= 15 is 0 Å². The van der Waals surface area contributed by atoms with Gasteiger partial charge in [0.2, 0.25) is 0 Å². The average Bonchev–Trinajstić information content (AvgIpc) is 3.50. The fraction of sp³-hybridized carbons (Fsp3) is 0.936. The second kappa shape index (κ2) is 16.8. The highest BCUT2D eigenvalue weighted by Gasteiger charge is 2.71. The molecule has 1 aliphatic heterocycles. The molecule has 0 bridgehead atoms. The minimum absolute atomic E-state index is 0.0530. The number of nitrogens with one attached hydrogen (secondary N) is 1. The van der Waals surface area contributed by atoms with Crippen LogP contribution in [0.4, 0.5) is 0 Å². The lowest BCUT2D eigenvalue weighted by molar-refractivity contribution is -0.326. The number of rotatable bonds is 14. The maximum atomic E-state index is 12.6. The number of esters is 2. The van der Waals surface area contributed by atoms with E-state index in [4.69, 9.17) is 18.9 Å². The van der Waals surface area contributed by atoms with E-state index in [9.17, 15) is 19.5 Å². The van der Waals surface area contributed by atoms with Crippen molar-refractivity contribution < 1.29 is 38.4 Å². The minimum atomic E-state index is -0.835. The zero-order valence-electron chi connectivity index (χ0n) is 37.8. The third-order valence-electron chi connectivity index (χ3n) is 17.8. The van der Waals surface area contributed by atoms with Crippen LogP contribution in [0.2, 0.25) is 0 Å². The van der Waals surface area contributed by atoms with Crippen LogP contribution in [0.3, 0.4) is 0 Å². The summed E-state index contributed by atoms with van der Waals surface area (Å²) in [6.45, 7) is 31.3. The number of fused-ring (bicyclic) bond motifs is 5. The van der Waals surface area contributed by atoms with Crippen molar-refractivity contribution in [3.8, 4) is 0 Å². The molecular weight excluding hydrogens is 707 g/mol. The topological polar surface area (TPSA) is 120 Å². The Kier molecular flexibility index (Phi) is 13.7. The highest BCUT2D eigenvalue weighted by atomic mass is 16.7. The summed E-state index contributed by atoms with van der Waals surface area (Å²) in [5.41, 5.74) is 0.353. The molecule has 5 fully saturated rings. The molecule has 0 aromatic rings. The van der Waals surface area contributed by atoms with Crippen molar-refractivity contribution in [3.63, 3.8) is 0 Å². The van der Waals surface area contributed by atoms with E-state index < -0.39 is 48.8 Å². The van der Waals surface area contributed by atoms with Crippen LogP contribution < -0.4 is 5.32 Å². The Bertz CT molecular complexity index is 1420. The molecule has 1 heterocycles. The third kappa shape index (κ3) is 7.91. The lowest BCUT2D eigenvalue weighted by Crippen LogP contribution is -2.65. The number of carbonyl (C=O) groups excluding carboxylic acids is 3. The van der Waals surface area contributed by atoms with Crippen LogP contribution in [0.5, 0.6) is 0 Å². The molecular formula is C47H81NO8. The number of aliphatic hydroxyl groups is 1. The van der Waals surface area contributed by atoms with Gasteiger partial charge >= 0.3 is 11.9 Å². The molecule has 0 amide bonds. The maximum absolute atomic E-state index is 12.6. The van der Waals surface area contributed by atoms with Crippen LogP contribution in [-0.4, -0.2) is 72.2 Å². The lowest BCUT2D eigenvalue weighted by Gasteiger charge is -2.71. The molecule has 4 saturated carbocycles. The minimum Gasteiger partial charge on any atom is -0.459 e. The highest BCUT2D eigenvalue weighted by Crippen LogP contribution is 2.77. The van der Waals surface area contributed by atoms with Gasteiger partial charge in [0, 0.05) is 19.8 Å². The molecule has 0 aromatic carbocycles. The molecule has 4 aliphatic carbocycles. The van der Waals surface area contributed by atoms with E-state index in [0.717, 1.165) is 37.5 Å². The van der Waals surface area contributed by atoms with Gasteiger partial charge in [-0.1, -0.05) is 76.2 Å². The van der Waals surface area contributed by atoms with Gasteiger partial charge in [0.1, 0.15) is 12.7 Å². The summed E-state index contributed by atoms with van der Waals surface area (Å²) in [7, 11) is 0. The summed E-state index contributed by atoms with van der Waals surface area (Å²) in [6.07, 6.45) is 8.16. The summed E-state index contributed by atoms with van der Waals surface area (Å²) >= 11 is 0. The Hall–Kier alpha value is -1.55. The number of Topliss-reactive ketones (excluding diaryl/α,β-unsaturated/α-hetero) is 1. The Labute approximate surface area is 340 Å². The fourth-order valence-corrected chi connectivity index (χ4v) is 14.5. The van der Waals surface area contributed by atoms with E-state index in [1.54, 1.807) is 0 Å². The Morgan fingerprint density at radius 2 is 1.52 bits per heavy atom. The van der Waals surface area contributed by atoms with Gasteiger partial charge in [0.25, 0.3) is 0 Å². The SMILES string of the molecule is CC[C@H]1O[C@H](O[C@@](C)(CCCN[C@H](C(=O)CO)C(C)C)C2CC[C@]3(C)[C@@H]2C(C)CC2[C@@]4(C)CC[C@H](C)C(C)(C)C4CC[C@]23C)[C@H](OC(C)=O)[C@@H](C)[C@@H]1OC(C)=O. The highest BCUT2D eigenvalue weighted by molar-refractivity contribution is 5.85. The monoisotopic (exact) mass is 788 g/mol. The predicted octanol–water partition coefficient (Wildman–Crippen LogP) is 8.92. The average molecular weight is 788 g/mol. The number of hydrogen-bond donors (Lipinski definition) is 2. The second-order valence-electron chi connectivity index (χ2n) is 21.4. The van der Waals surface area contributed by atoms with Crippen LogP contribution in [0, 0.1) is 69.0 Å². The molecule has 2 N–H and O–H groups in total. The van der Waals surface area contributed by atoms with Gasteiger partial charge in [-0.05, 0) is 141 Å². The van der Waals surface area contributed by atoms with Crippen molar-refractivity contribution in [3.05, 3.63) is 0 Å². The van der Waals surface area contributed by atoms with Gasteiger partial charge in [-0.15, -0.1) is 0 Å². The standard InChI is InChI=1S/C47H81NO8/c1-15-35-40(53-31(7)50)30(6)41(54-32(8)51)42(55-35)56-47(14,20-16-24-48-39(27(2)3)34(52)26-49)33-18-22-46(13)38(33)28(4)25-37-44(11)21-17-29(5)43(9,10)36(44)19-23-45(37,46)12/h27-30,33,35-42,48-49H,15-26H2,1-14H3/t28?,29-,30-,33?,35+,36?,37?,38+,39-,40-,41+,42+,44-,45+,46+,47-/m0/s1. The number of carbonyl (C=O) groups is 3.